The molecule has 44 heavy (non-hydrogen) atoms. The number of nitrogens with zero attached hydrogens (tertiary/aromatic N) is 3. The van der Waals surface area contributed by atoms with Crippen LogP contribution in [0.1, 0.15) is 71.6 Å². The average molecular weight is 615 g/mol. The van der Waals surface area contributed by atoms with Gasteiger partial charge in [-0.2, -0.15) is 0 Å². The van der Waals surface area contributed by atoms with Gasteiger partial charge in [-0.25, -0.2) is 29.3 Å². The first-order valence-electron chi connectivity index (χ1n) is 13.6. The number of esters is 2. The minimum absolute atomic E-state index is 0.00724. The van der Waals surface area contributed by atoms with Gasteiger partial charge in [0.1, 0.15) is 22.7 Å². The van der Waals surface area contributed by atoms with E-state index < -0.39 is 53.4 Å². The van der Waals surface area contributed by atoms with Gasteiger partial charge in [0.15, 0.2) is 0 Å². The first-order valence-corrected chi connectivity index (χ1v) is 13.6. The van der Waals surface area contributed by atoms with E-state index in [4.69, 9.17) is 9.47 Å². The number of urea groups is 1. The fraction of sp³-hybridized carbons (Fsp3) is 0.333. The summed E-state index contributed by atoms with van der Waals surface area (Å²) >= 11 is 0. The van der Waals surface area contributed by atoms with Gasteiger partial charge in [-0.05, 0) is 73.5 Å². The summed E-state index contributed by atoms with van der Waals surface area (Å²) in [5, 5.41) is 2.82. The summed E-state index contributed by atoms with van der Waals surface area (Å²) in [5.74, 6) is -4.25. The van der Waals surface area contributed by atoms with Gasteiger partial charge < -0.3 is 19.5 Å². The standard InChI is InChI=1S/C30H29F3N4O7/c1-5-42-25(38)23-15-19(11-13-34-23)17(3)29(18(4)20-12-14-35-24(16-20)26(39)43-6-2)27(40)37(28(41)36-29)21-7-9-22(10-8-21)44-30(31,32)33/h7-18H,5-6H2,1-4H3,(H,36,41). The number of benzene rings is 1. The molecule has 0 radical (unpaired) electrons. The van der Waals surface area contributed by atoms with Gasteiger partial charge >= 0.3 is 24.3 Å². The van der Waals surface area contributed by atoms with E-state index >= 15 is 0 Å². The van der Waals surface area contributed by atoms with Gasteiger partial charge in [-0.3, -0.25) is 4.79 Å². The second-order valence-corrected chi connectivity index (χ2v) is 9.81. The Hall–Kier alpha value is -5.01. The van der Waals surface area contributed by atoms with Gasteiger partial charge in [-0.1, -0.05) is 13.8 Å². The molecule has 1 N–H and O–H groups in total. The van der Waals surface area contributed by atoms with E-state index in [2.05, 4.69) is 20.0 Å². The fourth-order valence-corrected chi connectivity index (χ4v) is 5.15. The molecule has 14 heteroatoms. The Bertz CT molecular complexity index is 1500. The van der Waals surface area contributed by atoms with E-state index in [9.17, 15) is 32.3 Å². The summed E-state index contributed by atoms with van der Waals surface area (Å²) in [7, 11) is 0. The molecule has 1 aromatic carbocycles. The smallest absolute Gasteiger partial charge is 0.461 e. The number of alkyl halides is 3. The third-order valence-corrected chi connectivity index (χ3v) is 7.31. The maximum atomic E-state index is 14.4. The predicted molar refractivity (Wildman–Crippen MR) is 149 cm³/mol. The van der Waals surface area contributed by atoms with Crippen LogP contribution in [0.2, 0.25) is 0 Å². The van der Waals surface area contributed by atoms with Crippen molar-refractivity contribution in [2.45, 2.75) is 51.4 Å². The molecule has 4 rings (SSSR count). The van der Waals surface area contributed by atoms with Gasteiger partial charge in [-0.15, -0.1) is 13.2 Å². The molecule has 11 nitrogen and oxygen atoms in total. The lowest BCUT2D eigenvalue weighted by Gasteiger charge is -2.39. The molecule has 3 heterocycles. The number of nitrogens with one attached hydrogen (secondary N) is 1. The zero-order chi connectivity index (χ0) is 32.2. The number of carbonyl (C=O) groups excluding carboxylic acids is 4. The summed E-state index contributed by atoms with van der Waals surface area (Å²) in [6, 6.07) is 9.53. The quantitative estimate of drug-likeness (QED) is 0.243. The number of hydrogen-bond donors (Lipinski definition) is 1. The number of hydrogen-bond acceptors (Lipinski definition) is 9. The number of aromatic nitrogens is 2. The molecule has 2 unspecified atom stereocenters. The number of carbonyl (C=O) groups is 4. The molecule has 232 valence electrons. The average Bonchev–Trinajstić information content (AvgIpc) is 3.26. The highest BCUT2D eigenvalue weighted by molar-refractivity contribution is 6.24. The van der Waals surface area contributed by atoms with Crippen LogP contribution in [0.4, 0.5) is 23.7 Å². The predicted octanol–water partition coefficient (Wildman–Crippen LogP) is 5.13. The van der Waals surface area contributed by atoms with Crippen molar-refractivity contribution in [2.75, 3.05) is 18.1 Å². The number of imide groups is 1. The Morgan fingerprint density at radius 1 is 0.864 bits per heavy atom. The summed E-state index contributed by atoms with van der Waals surface area (Å²) in [4.78, 5) is 61.8. The molecule has 0 aliphatic carbocycles. The van der Waals surface area contributed by atoms with E-state index in [0.717, 1.165) is 29.2 Å². The Morgan fingerprint density at radius 2 is 1.34 bits per heavy atom. The second-order valence-electron chi connectivity index (χ2n) is 9.81. The summed E-state index contributed by atoms with van der Waals surface area (Å²) < 4.78 is 52.1. The Balaban J connectivity index is 1.82. The minimum atomic E-state index is -4.93. The van der Waals surface area contributed by atoms with Gasteiger partial charge in [0.2, 0.25) is 0 Å². The zero-order valence-electron chi connectivity index (χ0n) is 24.2. The molecular formula is C30H29F3N4O7. The lowest BCUT2D eigenvalue weighted by atomic mass is 9.69. The third-order valence-electron chi connectivity index (χ3n) is 7.31. The van der Waals surface area contributed by atoms with Crippen molar-refractivity contribution in [2.24, 2.45) is 0 Å². The van der Waals surface area contributed by atoms with Crippen LogP contribution in [-0.4, -0.2) is 59.0 Å². The highest BCUT2D eigenvalue weighted by atomic mass is 19.4. The van der Waals surface area contributed by atoms with Crippen LogP contribution < -0.4 is 15.0 Å². The molecule has 1 aliphatic heterocycles. The highest BCUT2D eigenvalue weighted by Gasteiger charge is 2.58. The van der Waals surface area contributed by atoms with Crippen LogP contribution >= 0.6 is 0 Å². The summed E-state index contributed by atoms with van der Waals surface area (Å²) in [6.45, 7) is 6.87. The second kappa shape index (κ2) is 12.7. The van der Waals surface area contributed by atoms with Crippen LogP contribution in [-0.2, 0) is 14.3 Å². The number of amides is 3. The highest BCUT2D eigenvalue weighted by Crippen LogP contribution is 2.45. The number of anilines is 1. The number of ether oxygens (including phenoxy) is 3. The molecule has 1 saturated heterocycles. The fourth-order valence-electron chi connectivity index (χ4n) is 5.15. The zero-order valence-corrected chi connectivity index (χ0v) is 24.2. The monoisotopic (exact) mass is 614 g/mol. The van der Waals surface area contributed by atoms with E-state index in [1.165, 1.54) is 24.5 Å². The van der Waals surface area contributed by atoms with Crippen LogP contribution in [0.25, 0.3) is 0 Å². The van der Waals surface area contributed by atoms with Crippen molar-refractivity contribution in [3.63, 3.8) is 0 Å². The number of rotatable bonds is 10. The van der Waals surface area contributed by atoms with Gasteiger partial charge in [0.05, 0.1) is 18.9 Å². The molecule has 1 aliphatic rings. The van der Waals surface area contributed by atoms with Crippen molar-refractivity contribution in [1.29, 1.82) is 0 Å². The SMILES string of the molecule is CCOC(=O)c1cc(C(C)C2(C(C)c3ccnc(C(=O)OCC)c3)NC(=O)N(c3ccc(OC(F)(F)F)cc3)C2=O)ccn1. The van der Waals surface area contributed by atoms with Crippen LogP contribution in [0.15, 0.2) is 60.9 Å². The Labute approximate surface area is 250 Å². The lowest BCUT2D eigenvalue weighted by Crippen LogP contribution is -2.55. The molecule has 0 spiro atoms. The van der Waals surface area contributed by atoms with Crippen LogP contribution in [0, 0.1) is 0 Å². The van der Waals surface area contributed by atoms with Crippen molar-refractivity contribution in [1.82, 2.24) is 15.3 Å². The molecule has 0 bridgehead atoms. The third kappa shape index (κ3) is 6.33. The minimum Gasteiger partial charge on any atom is -0.461 e. The van der Waals surface area contributed by atoms with E-state index in [0.29, 0.717) is 11.1 Å². The maximum absolute atomic E-state index is 14.4. The molecule has 3 aromatic rings. The lowest BCUT2D eigenvalue weighted by molar-refractivity contribution is -0.274. The molecule has 0 saturated carbocycles. The molecule has 2 atom stereocenters. The Kier molecular flexibility index (Phi) is 9.21. The van der Waals surface area contributed by atoms with Crippen molar-refractivity contribution < 1.29 is 46.6 Å². The molecule has 2 aromatic heterocycles. The Morgan fingerprint density at radius 3 is 1.77 bits per heavy atom. The first-order chi connectivity index (χ1) is 20.8. The van der Waals surface area contributed by atoms with Crippen LogP contribution in [0.5, 0.6) is 5.75 Å². The van der Waals surface area contributed by atoms with E-state index in [-0.39, 0.29) is 30.3 Å². The normalized spacial score (nSPS) is 17.9. The topological polar surface area (TPSA) is 137 Å². The van der Waals surface area contributed by atoms with Crippen molar-refractivity contribution >= 4 is 29.6 Å². The van der Waals surface area contributed by atoms with Gasteiger partial charge in [0.25, 0.3) is 5.91 Å². The number of halogens is 3. The molecule has 1 fully saturated rings. The molecule has 3 amide bonds. The number of pyridine rings is 2. The van der Waals surface area contributed by atoms with Crippen LogP contribution in [0.3, 0.4) is 0 Å². The summed E-state index contributed by atoms with van der Waals surface area (Å²) in [5.41, 5.74) is -0.841. The maximum Gasteiger partial charge on any atom is 0.573 e. The molecular weight excluding hydrogens is 585 g/mol. The van der Waals surface area contributed by atoms with Crippen molar-refractivity contribution in [3.05, 3.63) is 83.4 Å². The van der Waals surface area contributed by atoms with Gasteiger partial charge in [0, 0.05) is 24.2 Å². The van der Waals surface area contributed by atoms with E-state index in [1.807, 2.05) is 0 Å². The largest absolute Gasteiger partial charge is 0.573 e. The summed E-state index contributed by atoms with van der Waals surface area (Å²) in [6.07, 6.45) is -2.18. The van der Waals surface area contributed by atoms with E-state index in [1.54, 1.807) is 39.8 Å². The first kappa shape index (κ1) is 31.9. The van der Waals surface area contributed by atoms with Crippen molar-refractivity contribution in [3.8, 4) is 5.75 Å².